The predicted octanol–water partition coefficient (Wildman–Crippen LogP) is 2.65. The van der Waals surface area contributed by atoms with E-state index in [4.69, 9.17) is 0 Å². The van der Waals surface area contributed by atoms with E-state index in [2.05, 4.69) is 53.7 Å². The smallest absolute Gasteiger partial charge is 0.0499 e. The number of H-pyrrole nitrogens is 1. The van der Waals surface area contributed by atoms with Crippen molar-refractivity contribution in [2.45, 2.75) is 32.9 Å². The van der Waals surface area contributed by atoms with Crippen LogP contribution in [0.2, 0.25) is 0 Å². The molecule has 1 aromatic heterocycles. The van der Waals surface area contributed by atoms with Gasteiger partial charge in [-0.15, -0.1) is 0 Å². The first kappa shape index (κ1) is 13.1. The Hall–Kier alpha value is -1.32. The molecule has 0 radical (unpaired) electrons. The Morgan fingerprint density at radius 1 is 1.17 bits per heavy atom. The Kier molecular flexibility index (Phi) is 4.79. The number of aromatic amines is 1. The van der Waals surface area contributed by atoms with Crippen LogP contribution in [-0.4, -0.2) is 24.1 Å². The van der Waals surface area contributed by atoms with E-state index in [1.807, 2.05) is 6.20 Å². The fourth-order valence-electron chi connectivity index (χ4n) is 2.12. The van der Waals surface area contributed by atoms with E-state index in [1.165, 1.54) is 22.9 Å². The van der Waals surface area contributed by atoms with Crippen LogP contribution in [0.1, 0.15) is 25.8 Å². The summed E-state index contributed by atoms with van der Waals surface area (Å²) >= 11 is 0. The Labute approximate surface area is 109 Å². The van der Waals surface area contributed by atoms with Crippen molar-refractivity contribution in [3.05, 3.63) is 36.0 Å². The lowest BCUT2D eigenvalue weighted by Gasteiger charge is -2.09. The van der Waals surface area contributed by atoms with Crippen LogP contribution in [-0.2, 0) is 6.54 Å². The molecule has 1 aromatic carbocycles. The first-order valence-corrected chi connectivity index (χ1v) is 6.76. The van der Waals surface area contributed by atoms with Gasteiger partial charge in [0.2, 0.25) is 0 Å². The van der Waals surface area contributed by atoms with Gasteiger partial charge in [-0.1, -0.05) is 32.0 Å². The second kappa shape index (κ2) is 6.57. The molecule has 98 valence electrons. The Morgan fingerprint density at radius 2 is 2.06 bits per heavy atom. The molecule has 3 N–H and O–H groups in total. The molecule has 3 heteroatoms. The third kappa shape index (κ3) is 3.59. The molecular formula is C15H23N3. The maximum absolute atomic E-state index is 3.50. The van der Waals surface area contributed by atoms with E-state index < -0.39 is 0 Å². The summed E-state index contributed by atoms with van der Waals surface area (Å²) in [6, 6.07) is 9.14. The number of hydrogen-bond donors (Lipinski definition) is 3. The molecule has 0 unspecified atom stereocenters. The van der Waals surface area contributed by atoms with Gasteiger partial charge in [0, 0.05) is 24.3 Å². The van der Waals surface area contributed by atoms with E-state index in [-0.39, 0.29) is 0 Å². The van der Waals surface area contributed by atoms with E-state index in [1.54, 1.807) is 0 Å². The molecular weight excluding hydrogens is 222 g/mol. The lowest BCUT2D eigenvalue weighted by atomic mass is 10.1. The van der Waals surface area contributed by atoms with E-state index >= 15 is 0 Å². The van der Waals surface area contributed by atoms with Crippen LogP contribution in [0.3, 0.4) is 0 Å². The van der Waals surface area contributed by atoms with Crippen LogP contribution in [0.25, 0.3) is 10.9 Å². The van der Waals surface area contributed by atoms with Crippen molar-refractivity contribution >= 4 is 10.9 Å². The van der Waals surface area contributed by atoms with Gasteiger partial charge in [0.15, 0.2) is 0 Å². The summed E-state index contributed by atoms with van der Waals surface area (Å²) in [5.74, 6) is 0. The topological polar surface area (TPSA) is 39.8 Å². The van der Waals surface area contributed by atoms with Gasteiger partial charge < -0.3 is 15.6 Å². The van der Waals surface area contributed by atoms with Crippen LogP contribution >= 0.6 is 0 Å². The van der Waals surface area contributed by atoms with E-state index in [0.29, 0.717) is 6.04 Å². The summed E-state index contributed by atoms with van der Waals surface area (Å²) in [7, 11) is 0. The van der Waals surface area contributed by atoms with Crippen molar-refractivity contribution in [1.29, 1.82) is 0 Å². The number of benzene rings is 1. The molecule has 0 atom stereocenters. The molecule has 0 saturated heterocycles. The van der Waals surface area contributed by atoms with Gasteiger partial charge in [0.25, 0.3) is 0 Å². The van der Waals surface area contributed by atoms with Crippen LogP contribution in [0.4, 0.5) is 0 Å². The molecule has 0 aliphatic rings. The summed E-state index contributed by atoms with van der Waals surface area (Å²) in [5.41, 5.74) is 2.60. The van der Waals surface area contributed by atoms with E-state index in [9.17, 15) is 0 Å². The zero-order valence-corrected chi connectivity index (χ0v) is 11.3. The molecule has 3 nitrogen and oxygen atoms in total. The molecule has 0 fully saturated rings. The molecule has 2 aromatic rings. The zero-order valence-electron chi connectivity index (χ0n) is 11.3. The SMILES string of the molecule is CC(C)NCCCNCc1cccc2cc[nH]c12. The van der Waals surface area contributed by atoms with Crippen LogP contribution in [0.5, 0.6) is 0 Å². The highest BCUT2D eigenvalue weighted by Crippen LogP contribution is 2.16. The molecule has 0 amide bonds. The Morgan fingerprint density at radius 3 is 2.89 bits per heavy atom. The zero-order chi connectivity index (χ0) is 12.8. The number of fused-ring (bicyclic) bond motifs is 1. The van der Waals surface area contributed by atoms with Crippen LogP contribution in [0, 0.1) is 0 Å². The van der Waals surface area contributed by atoms with Gasteiger partial charge in [-0.05, 0) is 36.5 Å². The number of aromatic nitrogens is 1. The molecule has 1 heterocycles. The number of para-hydroxylation sites is 1. The van der Waals surface area contributed by atoms with Gasteiger partial charge in [-0.2, -0.15) is 0 Å². The predicted molar refractivity (Wildman–Crippen MR) is 77.8 cm³/mol. The summed E-state index contributed by atoms with van der Waals surface area (Å²) < 4.78 is 0. The van der Waals surface area contributed by atoms with Crippen molar-refractivity contribution in [1.82, 2.24) is 15.6 Å². The van der Waals surface area contributed by atoms with E-state index in [0.717, 1.165) is 19.6 Å². The van der Waals surface area contributed by atoms with Crippen molar-refractivity contribution in [2.75, 3.05) is 13.1 Å². The van der Waals surface area contributed by atoms with Crippen molar-refractivity contribution in [2.24, 2.45) is 0 Å². The second-order valence-electron chi connectivity index (χ2n) is 5.00. The summed E-state index contributed by atoms with van der Waals surface area (Å²) in [6.07, 6.45) is 3.17. The highest BCUT2D eigenvalue weighted by atomic mass is 14.9. The van der Waals surface area contributed by atoms with Crippen LogP contribution < -0.4 is 10.6 Å². The normalized spacial score (nSPS) is 11.5. The second-order valence-corrected chi connectivity index (χ2v) is 5.00. The lowest BCUT2D eigenvalue weighted by molar-refractivity contribution is 0.548. The number of rotatable bonds is 7. The van der Waals surface area contributed by atoms with Crippen LogP contribution in [0.15, 0.2) is 30.5 Å². The first-order chi connectivity index (χ1) is 8.77. The fraction of sp³-hybridized carbons (Fsp3) is 0.467. The minimum absolute atomic E-state index is 0.581. The maximum Gasteiger partial charge on any atom is 0.0499 e. The number of nitrogens with one attached hydrogen (secondary N) is 3. The average molecular weight is 245 g/mol. The molecule has 0 bridgehead atoms. The monoisotopic (exact) mass is 245 g/mol. The summed E-state index contributed by atoms with van der Waals surface area (Å²) in [6.45, 7) is 7.42. The van der Waals surface area contributed by atoms with Crippen molar-refractivity contribution < 1.29 is 0 Å². The molecule has 0 aliphatic carbocycles. The quantitative estimate of drug-likeness (QED) is 0.656. The van der Waals surface area contributed by atoms with Gasteiger partial charge in [-0.3, -0.25) is 0 Å². The Balaban J connectivity index is 1.75. The third-order valence-corrected chi connectivity index (χ3v) is 3.07. The number of hydrogen-bond acceptors (Lipinski definition) is 2. The van der Waals surface area contributed by atoms with Gasteiger partial charge in [0.05, 0.1) is 0 Å². The minimum atomic E-state index is 0.581. The van der Waals surface area contributed by atoms with Gasteiger partial charge in [-0.25, -0.2) is 0 Å². The maximum atomic E-state index is 3.50. The molecule has 0 aliphatic heterocycles. The first-order valence-electron chi connectivity index (χ1n) is 6.76. The van der Waals surface area contributed by atoms with Crippen molar-refractivity contribution in [3.63, 3.8) is 0 Å². The van der Waals surface area contributed by atoms with Gasteiger partial charge in [0.1, 0.15) is 0 Å². The highest BCUT2D eigenvalue weighted by molar-refractivity contribution is 5.82. The Bertz CT molecular complexity index is 473. The van der Waals surface area contributed by atoms with Gasteiger partial charge >= 0.3 is 0 Å². The lowest BCUT2D eigenvalue weighted by Crippen LogP contribution is -2.26. The van der Waals surface area contributed by atoms with Crippen molar-refractivity contribution in [3.8, 4) is 0 Å². The summed E-state index contributed by atoms with van der Waals surface area (Å²) in [4.78, 5) is 3.30. The fourth-order valence-corrected chi connectivity index (χ4v) is 2.12. The summed E-state index contributed by atoms with van der Waals surface area (Å²) in [5, 5.41) is 8.21. The molecule has 18 heavy (non-hydrogen) atoms. The standard InChI is InChI=1S/C15H23N3/c1-12(2)17-9-4-8-16-11-14-6-3-5-13-7-10-18-15(13)14/h3,5-7,10,12,16-18H,4,8-9,11H2,1-2H3. The highest BCUT2D eigenvalue weighted by Gasteiger charge is 2.00. The molecule has 0 saturated carbocycles. The largest absolute Gasteiger partial charge is 0.361 e. The minimum Gasteiger partial charge on any atom is -0.361 e. The molecule has 2 rings (SSSR count). The molecule has 0 spiro atoms. The third-order valence-electron chi connectivity index (χ3n) is 3.07. The average Bonchev–Trinajstić information content (AvgIpc) is 2.82.